The summed E-state index contributed by atoms with van der Waals surface area (Å²) in [6, 6.07) is 13.7. The van der Waals surface area contributed by atoms with Crippen molar-refractivity contribution in [3.8, 4) is 5.75 Å². The van der Waals surface area contributed by atoms with Crippen LogP contribution in [0.4, 0.5) is 11.4 Å². The molecule has 0 fully saturated rings. The standard InChI is InChI=1S/C22H26N2O5S2/c1-23-17(9-11-28-2)15-24(16-7-5-4-6-8-16)18-13-20(30-3)19(14-21(18)31(23)27)29-12-10-22(25)26/h4-8,10,12-14,17H,9,11,15H2,1-3H3,(H,25,26)/b12-10+. The maximum absolute atomic E-state index is 13.5. The van der Waals surface area contributed by atoms with Crippen molar-refractivity contribution in [1.82, 2.24) is 4.31 Å². The summed E-state index contributed by atoms with van der Waals surface area (Å²) in [5.74, 6) is -0.631. The zero-order valence-corrected chi connectivity index (χ0v) is 19.3. The number of fused-ring (bicyclic) bond motifs is 1. The second kappa shape index (κ2) is 10.8. The van der Waals surface area contributed by atoms with Crippen LogP contribution in [-0.4, -0.2) is 59.2 Å². The fourth-order valence-electron chi connectivity index (χ4n) is 3.39. The number of methoxy groups -OCH3 is 1. The number of rotatable bonds is 8. The quantitative estimate of drug-likeness (QED) is 0.362. The molecule has 31 heavy (non-hydrogen) atoms. The van der Waals surface area contributed by atoms with Gasteiger partial charge in [-0.2, -0.15) is 0 Å². The summed E-state index contributed by atoms with van der Waals surface area (Å²) < 4.78 is 26.2. The maximum Gasteiger partial charge on any atom is 0.331 e. The van der Waals surface area contributed by atoms with Crippen molar-refractivity contribution in [1.29, 1.82) is 0 Å². The van der Waals surface area contributed by atoms with Crippen LogP contribution in [0, 0.1) is 0 Å². The number of carboxylic acids is 1. The molecule has 166 valence electrons. The molecule has 0 saturated carbocycles. The van der Waals surface area contributed by atoms with Crippen LogP contribution >= 0.6 is 11.8 Å². The van der Waals surface area contributed by atoms with Gasteiger partial charge in [0.25, 0.3) is 0 Å². The molecule has 7 nitrogen and oxygen atoms in total. The molecule has 1 heterocycles. The van der Waals surface area contributed by atoms with Gasteiger partial charge in [-0.1, -0.05) is 18.2 Å². The van der Waals surface area contributed by atoms with Gasteiger partial charge in [-0.15, -0.1) is 11.8 Å². The molecule has 0 aromatic heterocycles. The number of likely N-dealkylation sites (N-methyl/N-ethyl adjacent to an activating group) is 1. The lowest BCUT2D eigenvalue weighted by atomic mass is 10.1. The lowest BCUT2D eigenvalue weighted by molar-refractivity contribution is -0.131. The molecule has 3 rings (SSSR count). The van der Waals surface area contributed by atoms with E-state index in [0.29, 0.717) is 23.8 Å². The average Bonchev–Trinajstić information content (AvgIpc) is 2.87. The van der Waals surface area contributed by atoms with Crippen molar-refractivity contribution in [2.75, 3.05) is 38.5 Å². The van der Waals surface area contributed by atoms with Crippen molar-refractivity contribution >= 4 is 40.1 Å². The Morgan fingerprint density at radius 3 is 2.71 bits per heavy atom. The van der Waals surface area contributed by atoms with Crippen LogP contribution in [0.15, 0.2) is 64.6 Å². The van der Waals surface area contributed by atoms with Gasteiger partial charge >= 0.3 is 5.97 Å². The zero-order chi connectivity index (χ0) is 22.4. The summed E-state index contributed by atoms with van der Waals surface area (Å²) in [6.07, 6.45) is 4.71. The molecule has 0 aliphatic carbocycles. The molecular weight excluding hydrogens is 436 g/mol. The molecule has 0 saturated heterocycles. The van der Waals surface area contributed by atoms with Gasteiger partial charge in [-0.3, -0.25) is 0 Å². The molecule has 1 aliphatic rings. The second-order valence-electron chi connectivity index (χ2n) is 6.91. The molecule has 9 heteroatoms. The smallest absolute Gasteiger partial charge is 0.331 e. The third-order valence-electron chi connectivity index (χ3n) is 5.02. The SMILES string of the molecule is COCCC1CN(c2ccccc2)c2cc(SC)c(O/C=C/C(=O)O)cc2S(=O)N1C. The number of ether oxygens (including phenoxy) is 2. The Bertz CT molecular complexity index is 968. The number of carboxylic acid groups (broad SMARTS) is 1. The molecule has 2 aromatic rings. The van der Waals surface area contributed by atoms with E-state index < -0.39 is 17.0 Å². The first-order valence-electron chi connectivity index (χ1n) is 9.70. The molecule has 0 spiro atoms. The summed E-state index contributed by atoms with van der Waals surface area (Å²) in [5, 5.41) is 8.84. The van der Waals surface area contributed by atoms with Gasteiger partial charge < -0.3 is 19.5 Å². The lowest BCUT2D eigenvalue weighted by Crippen LogP contribution is -2.39. The van der Waals surface area contributed by atoms with Gasteiger partial charge in [-0.25, -0.2) is 13.3 Å². The fourth-order valence-corrected chi connectivity index (χ4v) is 5.24. The van der Waals surface area contributed by atoms with E-state index >= 15 is 0 Å². The van der Waals surface area contributed by atoms with Gasteiger partial charge in [0.1, 0.15) is 16.7 Å². The van der Waals surface area contributed by atoms with Crippen LogP contribution in [0.5, 0.6) is 5.75 Å². The van der Waals surface area contributed by atoms with Crippen LogP contribution in [0.2, 0.25) is 0 Å². The highest BCUT2D eigenvalue weighted by Gasteiger charge is 2.32. The first kappa shape index (κ1) is 23.3. The van der Waals surface area contributed by atoms with Gasteiger partial charge in [0.05, 0.1) is 27.8 Å². The monoisotopic (exact) mass is 462 g/mol. The molecule has 0 radical (unpaired) electrons. The molecule has 2 atom stereocenters. The first-order valence-corrected chi connectivity index (χ1v) is 12.0. The average molecular weight is 463 g/mol. The van der Waals surface area contributed by atoms with Gasteiger partial charge in [-0.05, 0) is 30.9 Å². The number of hydrogen-bond acceptors (Lipinski definition) is 6. The fraction of sp³-hybridized carbons (Fsp3) is 0.318. The Labute approximate surface area is 189 Å². The molecule has 2 unspecified atom stereocenters. The molecule has 0 bridgehead atoms. The highest BCUT2D eigenvalue weighted by molar-refractivity contribution is 7.98. The second-order valence-corrected chi connectivity index (χ2v) is 9.27. The van der Waals surface area contributed by atoms with E-state index in [1.165, 1.54) is 11.8 Å². The van der Waals surface area contributed by atoms with E-state index in [0.717, 1.165) is 35.0 Å². The molecule has 1 N–H and O–H groups in total. The predicted molar refractivity (Wildman–Crippen MR) is 124 cm³/mol. The number of hydrogen-bond donors (Lipinski definition) is 1. The van der Waals surface area contributed by atoms with Gasteiger partial charge in [0.15, 0.2) is 0 Å². The number of aliphatic carboxylic acids is 1. The largest absolute Gasteiger partial charge is 0.478 e. The topological polar surface area (TPSA) is 79.3 Å². The number of nitrogens with zero attached hydrogens (tertiary/aromatic N) is 2. The van der Waals surface area contributed by atoms with E-state index in [4.69, 9.17) is 14.6 Å². The summed E-state index contributed by atoms with van der Waals surface area (Å²) in [6.45, 7) is 1.21. The van der Waals surface area contributed by atoms with Crippen LogP contribution in [-0.2, 0) is 20.5 Å². The lowest BCUT2D eigenvalue weighted by Gasteiger charge is -2.29. The third-order valence-corrected chi connectivity index (χ3v) is 7.31. The summed E-state index contributed by atoms with van der Waals surface area (Å²) >= 11 is 1.48. The van der Waals surface area contributed by atoms with E-state index in [2.05, 4.69) is 4.90 Å². The zero-order valence-electron chi connectivity index (χ0n) is 17.7. The molecule has 0 amide bonds. The predicted octanol–water partition coefficient (Wildman–Crippen LogP) is 3.90. The maximum atomic E-state index is 13.5. The summed E-state index contributed by atoms with van der Waals surface area (Å²) in [5.41, 5.74) is 1.85. The van der Waals surface area contributed by atoms with Crippen LogP contribution in [0.1, 0.15) is 6.42 Å². The Hall–Kier alpha value is -2.33. The summed E-state index contributed by atoms with van der Waals surface area (Å²) in [7, 11) is 2.08. The van der Waals surface area contributed by atoms with E-state index in [-0.39, 0.29) is 6.04 Å². The van der Waals surface area contributed by atoms with Crippen molar-refractivity contribution in [2.24, 2.45) is 0 Å². The van der Waals surface area contributed by atoms with Gasteiger partial charge in [0.2, 0.25) is 0 Å². The highest BCUT2D eigenvalue weighted by Crippen LogP contribution is 2.42. The van der Waals surface area contributed by atoms with Crippen molar-refractivity contribution in [2.45, 2.75) is 22.3 Å². The van der Waals surface area contributed by atoms with Gasteiger partial charge in [0, 0.05) is 45.1 Å². The summed E-state index contributed by atoms with van der Waals surface area (Å²) in [4.78, 5) is 14.4. The van der Waals surface area contributed by atoms with Crippen LogP contribution < -0.4 is 9.64 Å². The minimum absolute atomic E-state index is 0.00222. The number of benzene rings is 2. The number of anilines is 2. The Morgan fingerprint density at radius 1 is 1.32 bits per heavy atom. The first-order chi connectivity index (χ1) is 15.0. The van der Waals surface area contributed by atoms with E-state index in [1.54, 1.807) is 13.2 Å². The number of thioether (sulfide) groups is 1. The molecular formula is C22H26N2O5S2. The highest BCUT2D eigenvalue weighted by atomic mass is 32.2. The third kappa shape index (κ3) is 5.48. The van der Waals surface area contributed by atoms with E-state index in [1.807, 2.05) is 54.0 Å². The Morgan fingerprint density at radius 2 is 2.06 bits per heavy atom. The van der Waals surface area contributed by atoms with E-state index in [9.17, 15) is 9.00 Å². The van der Waals surface area contributed by atoms with Crippen LogP contribution in [0.25, 0.3) is 0 Å². The normalized spacial score (nSPS) is 19.3. The van der Waals surface area contributed by atoms with Crippen molar-refractivity contribution in [3.05, 3.63) is 54.8 Å². The molecule has 2 aromatic carbocycles. The number of carbonyl (C=O) groups is 1. The molecule has 1 aliphatic heterocycles. The van der Waals surface area contributed by atoms with Crippen molar-refractivity contribution < 1.29 is 23.6 Å². The number of para-hydroxylation sites is 1. The minimum atomic E-state index is -1.43. The Kier molecular flexibility index (Phi) is 8.14. The Balaban J connectivity index is 2.12. The van der Waals surface area contributed by atoms with Crippen LogP contribution in [0.3, 0.4) is 0 Å². The van der Waals surface area contributed by atoms with Crippen molar-refractivity contribution in [3.63, 3.8) is 0 Å². The minimum Gasteiger partial charge on any atom is -0.478 e.